The fraction of sp³-hybridized carbons (Fsp3) is 0.357. The standard InChI is InChI=1S/C14H17NO/c1-4-13-9-14(15-16-13)12-7-5-11(6-8-12)10(2)3/h5-10H,4H2,1-3H3. The van der Waals surface area contributed by atoms with Gasteiger partial charge in [0.05, 0.1) is 0 Å². The van der Waals surface area contributed by atoms with E-state index in [9.17, 15) is 0 Å². The lowest BCUT2D eigenvalue weighted by atomic mass is 10.0. The van der Waals surface area contributed by atoms with E-state index in [4.69, 9.17) is 4.52 Å². The predicted octanol–water partition coefficient (Wildman–Crippen LogP) is 4.03. The minimum Gasteiger partial charge on any atom is -0.361 e. The molecule has 84 valence electrons. The van der Waals surface area contributed by atoms with Gasteiger partial charge in [-0.3, -0.25) is 0 Å². The van der Waals surface area contributed by atoms with Gasteiger partial charge in [0.15, 0.2) is 0 Å². The number of rotatable bonds is 3. The van der Waals surface area contributed by atoms with Gasteiger partial charge in [-0.15, -0.1) is 0 Å². The van der Waals surface area contributed by atoms with Crippen LogP contribution in [0.2, 0.25) is 0 Å². The molecule has 2 heteroatoms. The summed E-state index contributed by atoms with van der Waals surface area (Å²) in [4.78, 5) is 0. The van der Waals surface area contributed by atoms with E-state index >= 15 is 0 Å². The second kappa shape index (κ2) is 4.52. The van der Waals surface area contributed by atoms with E-state index in [-0.39, 0.29) is 0 Å². The van der Waals surface area contributed by atoms with Gasteiger partial charge in [0.25, 0.3) is 0 Å². The Morgan fingerprint density at radius 2 is 1.88 bits per heavy atom. The Kier molecular flexibility index (Phi) is 3.09. The van der Waals surface area contributed by atoms with E-state index in [1.54, 1.807) is 0 Å². The minimum atomic E-state index is 0.567. The van der Waals surface area contributed by atoms with Crippen molar-refractivity contribution in [3.05, 3.63) is 41.7 Å². The maximum Gasteiger partial charge on any atom is 0.137 e. The Hall–Kier alpha value is -1.57. The second-order valence-electron chi connectivity index (χ2n) is 4.31. The van der Waals surface area contributed by atoms with Crippen molar-refractivity contribution in [2.75, 3.05) is 0 Å². The molecule has 0 N–H and O–H groups in total. The maximum atomic E-state index is 5.20. The van der Waals surface area contributed by atoms with E-state index in [1.807, 2.05) is 6.07 Å². The van der Waals surface area contributed by atoms with Gasteiger partial charge in [0, 0.05) is 18.1 Å². The highest BCUT2D eigenvalue weighted by Crippen LogP contribution is 2.22. The van der Waals surface area contributed by atoms with Gasteiger partial charge in [-0.05, 0) is 11.5 Å². The van der Waals surface area contributed by atoms with E-state index in [0.717, 1.165) is 23.4 Å². The largest absolute Gasteiger partial charge is 0.361 e. The normalized spacial score (nSPS) is 11.0. The van der Waals surface area contributed by atoms with Gasteiger partial charge >= 0.3 is 0 Å². The Balaban J connectivity index is 2.27. The second-order valence-corrected chi connectivity index (χ2v) is 4.31. The first-order valence-corrected chi connectivity index (χ1v) is 5.76. The van der Waals surface area contributed by atoms with Crippen LogP contribution in [-0.4, -0.2) is 5.16 Å². The molecule has 0 unspecified atom stereocenters. The number of hydrogen-bond acceptors (Lipinski definition) is 2. The third-order valence-electron chi connectivity index (χ3n) is 2.78. The zero-order valence-electron chi connectivity index (χ0n) is 10.0. The Bertz CT molecular complexity index is 454. The highest BCUT2D eigenvalue weighted by atomic mass is 16.5. The van der Waals surface area contributed by atoms with E-state index in [2.05, 4.69) is 50.2 Å². The van der Waals surface area contributed by atoms with Crippen LogP contribution in [0.15, 0.2) is 34.9 Å². The molecule has 16 heavy (non-hydrogen) atoms. The van der Waals surface area contributed by atoms with Crippen LogP contribution in [0.3, 0.4) is 0 Å². The number of hydrogen-bond donors (Lipinski definition) is 0. The van der Waals surface area contributed by atoms with Gasteiger partial charge in [0.2, 0.25) is 0 Å². The van der Waals surface area contributed by atoms with E-state index in [1.165, 1.54) is 5.56 Å². The predicted molar refractivity (Wildman–Crippen MR) is 65.4 cm³/mol. The summed E-state index contributed by atoms with van der Waals surface area (Å²) >= 11 is 0. The fourth-order valence-electron chi connectivity index (χ4n) is 1.65. The molecule has 0 aliphatic rings. The monoisotopic (exact) mass is 215 g/mol. The molecule has 1 heterocycles. The van der Waals surface area contributed by atoms with Crippen molar-refractivity contribution in [1.29, 1.82) is 0 Å². The minimum absolute atomic E-state index is 0.567. The van der Waals surface area contributed by atoms with Crippen molar-refractivity contribution in [3.8, 4) is 11.3 Å². The maximum absolute atomic E-state index is 5.20. The molecule has 0 spiro atoms. The van der Waals surface area contributed by atoms with Crippen LogP contribution in [0.5, 0.6) is 0 Å². The molecule has 0 bridgehead atoms. The molecule has 1 aromatic carbocycles. The molecule has 0 aliphatic carbocycles. The zero-order chi connectivity index (χ0) is 11.5. The van der Waals surface area contributed by atoms with Crippen molar-refractivity contribution in [3.63, 3.8) is 0 Å². The lowest BCUT2D eigenvalue weighted by Crippen LogP contribution is -1.86. The Morgan fingerprint density at radius 1 is 1.19 bits per heavy atom. The van der Waals surface area contributed by atoms with Crippen LogP contribution < -0.4 is 0 Å². The van der Waals surface area contributed by atoms with Gasteiger partial charge < -0.3 is 4.52 Å². The molecular weight excluding hydrogens is 198 g/mol. The number of aromatic nitrogens is 1. The van der Waals surface area contributed by atoms with E-state index in [0.29, 0.717) is 5.92 Å². The fourth-order valence-corrected chi connectivity index (χ4v) is 1.65. The molecule has 0 aliphatic heterocycles. The lowest BCUT2D eigenvalue weighted by Gasteiger charge is -2.04. The van der Waals surface area contributed by atoms with Crippen molar-refractivity contribution in [2.24, 2.45) is 0 Å². The SMILES string of the molecule is CCc1cc(-c2ccc(C(C)C)cc2)no1. The summed E-state index contributed by atoms with van der Waals surface area (Å²) in [6, 6.07) is 10.5. The van der Waals surface area contributed by atoms with Crippen LogP contribution >= 0.6 is 0 Å². The average molecular weight is 215 g/mol. The smallest absolute Gasteiger partial charge is 0.137 e. The molecular formula is C14H17NO. The summed E-state index contributed by atoms with van der Waals surface area (Å²) in [6.07, 6.45) is 0.886. The van der Waals surface area contributed by atoms with Crippen LogP contribution in [-0.2, 0) is 6.42 Å². The molecule has 2 aromatic rings. The Labute approximate surface area is 96.3 Å². The molecule has 0 radical (unpaired) electrons. The molecule has 0 fully saturated rings. The molecule has 2 rings (SSSR count). The molecule has 0 saturated heterocycles. The summed E-state index contributed by atoms with van der Waals surface area (Å²) in [5, 5.41) is 4.06. The van der Waals surface area contributed by atoms with Crippen LogP contribution in [0.1, 0.15) is 38.0 Å². The molecule has 1 aromatic heterocycles. The van der Waals surface area contributed by atoms with Crippen LogP contribution in [0.25, 0.3) is 11.3 Å². The number of benzene rings is 1. The molecule has 0 atom stereocenters. The van der Waals surface area contributed by atoms with Crippen LogP contribution in [0.4, 0.5) is 0 Å². The van der Waals surface area contributed by atoms with Gasteiger partial charge in [-0.2, -0.15) is 0 Å². The number of nitrogens with zero attached hydrogens (tertiary/aromatic N) is 1. The molecule has 0 saturated carbocycles. The third-order valence-corrected chi connectivity index (χ3v) is 2.78. The van der Waals surface area contributed by atoms with Crippen molar-refractivity contribution in [2.45, 2.75) is 33.1 Å². The Morgan fingerprint density at radius 3 is 2.38 bits per heavy atom. The summed E-state index contributed by atoms with van der Waals surface area (Å²) in [5.41, 5.74) is 3.39. The topological polar surface area (TPSA) is 26.0 Å². The zero-order valence-corrected chi connectivity index (χ0v) is 10.0. The highest BCUT2D eigenvalue weighted by Gasteiger charge is 2.05. The summed E-state index contributed by atoms with van der Waals surface area (Å²) in [7, 11) is 0. The third kappa shape index (κ3) is 2.16. The van der Waals surface area contributed by atoms with Crippen molar-refractivity contribution in [1.82, 2.24) is 5.16 Å². The average Bonchev–Trinajstić information content (AvgIpc) is 2.77. The first-order chi connectivity index (χ1) is 7.70. The first-order valence-electron chi connectivity index (χ1n) is 5.76. The first kappa shape index (κ1) is 10.9. The van der Waals surface area contributed by atoms with Gasteiger partial charge in [-0.1, -0.05) is 50.2 Å². The molecule has 2 nitrogen and oxygen atoms in total. The summed E-state index contributed by atoms with van der Waals surface area (Å²) < 4.78 is 5.20. The quantitative estimate of drug-likeness (QED) is 0.772. The van der Waals surface area contributed by atoms with Crippen LogP contribution in [0, 0.1) is 0 Å². The van der Waals surface area contributed by atoms with Crippen molar-refractivity contribution >= 4 is 0 Å². The highest BCUT2D eigenvalue weighted by molar-refractivity contribution is 5.59. The lowest BCUT2D eigenvalue weighted by molar-refractivity contribution is 0.389. The summed E-state index contributed by atoms with van der Waals surface area (Å²) in [6.45, 7) is 6.45. The molecule has 0 amide bonds. The number of aryl methyl sites for hydroxylation is 1. The van der Waals surface area contributed by atoms with E-state index < -0.39 is 0 Å². The van der Waals surface area contributed by atoms with Crippen molar-refractivity contribution < 1.29 is 4.52 Å². The summed E-state index contributed by atoms with van der Waals surface area (Å²) in [5.74, 6) is 1.50. The van der Waals surface area contributed by atoms with Gasteiger partial charge in [-0.25, -0.2) is 0 Å². The van der Waals surface area contributed by atoms with Gasteiger partial charge in [0.1, 0.15) is 11.5 Å².